The van der Waals surface area contributed by atoms with Crippen molar-refractivity contribution >= 4 is 11.8 Å². The van der Waals surface area contributed by atoms with E-state index in [0.29, 0.717) is 23.5 Å². The van der Waals surface area contributed by atoms with Crippen molar-refractivity contribution in [1.29, 1.82) is 0 Å². The van der Waals surface area contributed by atoms with Crippen molar-refractivity contribution in [1.82, 2.24) is 0 Å². The van der Waals surface area contributed by atoms with E-state index in [0.717, 1.165) is 0 Å². The maximum atomic E-state index is 11.7. The molecule has 3 nitrogen and oxygen atoms in total. The second-order valence-electron chi connectivity index (χ2n) is 4.36. The Hall–Kier alpha value is -1.64. The molecule has 0 aromatic heterocycles. The first kappa shape index (κ1) is 12.4. The van der Waals surface area contributed by atoms with Crippen molar-refractivity contribution in [3.8, 4) is 0 Å². The van der Waals surface area contributed by atoms with Gasteiger partial charge in [-0.25, -0.2) is 4.79 Å². The summed E-state index contributed by atoms with van der Waals surface area (Å²) in [4.78, 5) is 22.5. The number of carbonyl (C=O) groups excluding carboxylic acids is 1. The molecule has 1 aromatic rings. The molecule has 0 spiro atoms. The highest BCUT2D eigenvalue weighted by atomic mass is 16.4. The van der Waals surface area contributed by atoms with Gasteiger partial charge in [-0.05, 0) is 30.5 Å². The van der Waals surface area contributed by atoms with Crippen molar-refractivity contribution < 1.29 is 14.7 Å². The monoisotopic (exact) mass is 220 g/mol. The number of Topliss-reactive ketones (excluding diaryl/α,β-unsaturated/α-hetero) is 1. The van der Waals surface area contributed by atoms with Crippen LogP contribution in [0.25, 0.3) is 0 Å². The van der Waals surface area contributed by atoms with Crippen molar-refractivity contribution in [2.45, 2.75) is 27.2 Å². The molecular weight excluding hydrogens is 204 g/mol. The first-order valence-corrected chi connectivity index (χ1v) is 5.29. The SMILES string of the molecule is Cc1cc(C(=O)CC(C)C)ccc1C(=O)O. The Balaban J connectivity index is 2.97. The number of aryl methyl sites for hydroxylation is 1. The molecule has 1 N–H and O–H groups in total. The van der Waals surface area contributed by atoms with Crippen LogP contribution in [0.2, 0.25) is 0 Å². The Morgan fingerprint density at radius 1 is 1.31 bits per heavy atom. The normalized spacial score (nSPS) is 10.5. The summed E-state index contributed by atoms with van der Waals surface area (Å²) in [5.41, 5.74) is 1.47. The third kappa shape index (κ3) is 2.92. The van der Waals surface area contributed by atoms with E-state index in [9.17, 15) is 9.59 Å². The van der Waals surface area contributed by atoms with Gasteiger partial charge >= 0.3 is 5.97 Å². The molecule has 0 aliphatic heterocycles. The van der Waals surface area contributed by atoms with E-state index in [4.69, 9.17) is 5.11 Å². The van der Waals surface area contributed by atoms with Crippen LogP contribution in [0.5, 0.6) is 0 Å². The van der Waals surface area contributed by atoms with E-state index in [1.165, 1.54) is 6.07 Å². The lowest BCUT2D eigenvalue weighted by Crippen LogP contribution is -2.06. The van der Waals surface area contributed by atoms with Crippen molar-refractivity contribution in [3.05, 3.63) is 34.9 Å². The number of ketones is 1. The fourth-order valence-corrected chi connectivity index (χ4v) is 1.57. The minimum Gasteiger partial charge on any atom is -0.478 e. The van der Waals surface area contributed by atoms with Gasteiger partial charge in [0.15, 0.2) is 5.78 Å². The molecule has 1 aromatic carbocycles. The van der Waals surface area contributed by atoms with E-state index < -0.39 is 5.97 Å². The molecule has 0 bridgehead atoms. The summed E-state index contributed by atoms with van der Waals surface area (Å²) in [6, 6.07) is 4.72. The van der Waals surface area contributed by atoms with Crippen LogP contribution in [0.15, 0.2) is 18.2 Å². The molecule has 1 rings (SSSR count). The smallest absolute Gasteiger partial charge is 0.335 e. The Morgan fingerprint density at radius 3 is 2.38 bits per heavy atom. The Morgan fingerprint density at radius 2 is 1.94 bits per heavy atom. The number of rotatable bonds is 4. The summed E-state index contributed by atoms with van der Waals surface area (Å²) in [5, 5.41) is 8.86. The van der Waals surface area contributed by atoms with Crippen molar-refractivity contribution in [2.24, 2.45) is 5.92 Å². The third-order valence-corrected chi connectivity index (χ3v) is 2.37. The fraction of sp³-hybridized carbons (Fsp3) is 0.385. The average Bonchev–Trinajstić information content (AvgIpc) is 2.15. The van der Waals surface area contributed by atoms with Gasteiger partial charge in [0.05, 0.1) is 5.56 Å². The molecule has 0 saturated carbocycles. The van der Waals surface area contributed by atoms with Crippen LogP contribution >= 0.6 is 0 Å². The van der Waals surface area contributed by atoms with E-state index in [-0.39, 0.29) is 11.3 Å². The van der Waals surface area contributed by atoms with Gasteiger partial charge in [0.2, 0.25) is 0 Å². The first-order valence-electron chi connectivity index (χ1n) is 5.29. The highest BCUT2D eigenvalue weighted by Gasteiger charge is 2.12. The quantitative estimate of drug-likeness (QED) is 0.794. The Labute approximate surface area is 95.1 Å². The van der Waals surface area contributed by atoms with Gasteiger partial charge in [0.25, 0.3) is 0 Å². The summed E-state index contributed by atoms with van der Waals surface area (Å²) in [7, 11) is 0. The van der Waals surface area contributed by atoms with Crippen LogP contribution in [-0.2, 0) is 0 Å². The number of benzene rings is 1. The molecule has 0 unspecified atom stereocenters. The fourth-order valence-electron chi connectivity index (χ4n) is 1.57. The van der Waals surface area contributed by atoms with Gasteiger partial charge in [-0.15, -0.1) is 0 Å². The predicted octanol–water partition coefficient (Wildman–Crippen LogP) is 2.92. The maximum absolute atomic E-state index is 11.7. The molecule has 86 valence electrons. The molecule has 0 atom stereocenters. The van der Waals surface area contributed by atoms with Gasteiger partial charge in [-0.1, -0.05) is 19.9 Å². The average molecular weight is 220 g/mol. The molecule has 3 heteroatoms. The van der Waals surface area contributed by atoms with E-state index in [1.807, 2.05) is 13.8 Å². The lowest BCUT2D eigenvalue weighted by atomic mass is 9.98. The topological polar surface area (TPSA) is 54.4 Å². The zero-order valence-corrected chi connectivity index (χ0v) is 9.78. The van der Waals surface area contributed by atoms with Crippen LogP contribution in [0.4, 0.5) is 0 Å². The highest BCUT2D eigenvalue weighted by molar-refractivity contribution is 5.98. The van der Waals surface area contributed by atoms with E-state index >= 15 is 0 Å². The summed E-state index contributed by atoms with van der Waals surface area (Å²) in [6.07, 6.45) is 0.492. The second-order valence-corrected chi connectivity index (χ2v) is 4.36. The molecule has 0 aliphatic carbocycles. The predicted molar refractivity (Wildman–Crippen MR) is 61.9 cm³/mol. The maximum Gasteiger partial charge on any atom is 0.335 e. The lowest BCUT2D eigenvalue weighted by molar-refractivity contribution is 0.0695. The summed E-state index contributed by atoms with van der Waals surface area (Å²) in [5.74, 6) is -0.581. The van der Waals surface area contributed by atoms with Gasteiger partial charge in [0.1, 0.15) is 0 Å². The number of carboxylic acids is 1. The minimum atomic E-state index is -0.958. The summed E-state index contributed by atoms with van der Waals surface area (Å²) >= 11 is 0. The number of aromatic carboxylic acids is 1. The van der Waals surface area contributed by atoms with E-state index in [1.54, 1.807) is 19.1 Å². The zero-order chi connectivity index (χ0) is 12.3. The Kier molecular flexibility index (Phi) is 3.82. The van der Waals surface area contributed by atoms with Crippen LogP contribution in [0.3, 0.4) is 0 Å². The largest absolute Gasteiger partial charge is 0.478 e. The Bertz CT molecular complexity index is 419. The number of hydrogen-bond donors (Lipinski definition) is 1. The van der Waals surface area contributed by atoms with Gasteiger partial charge in [-0.2, -0.15) is 0 Å². The van der Waals surface area contributed by atoms with Gasteiger partial charge < -0.3 is 5.11 Å². The van der Waals surface area contributed by atoms with Gasteiger partial charge in [-0.3, -0.25) is 4.79 Å². The molecule has 0 saturated heterocycles. The molecule has 16 heavy (non-hydrogen) atoms. The lowest BCUT2D eigenvalue weighted by Gasteiger charge is -2.06. The first-order chi connectivity index (χ1) is 7.41. The third-order valence-electron chi connectivity index (χ3n) is 2.37. The summed E-state index contributed by atoms with van der Waals surface area (Å²) < 4.78 is 0. The number of carboxylic acid groups (broad SMARTS) is 1. The molecule has 0 amide bonds. The molecule has 0 fully saturated rings. The van der Waals surface area contributed by atoms with Crippen LogP contribution in [-0.4, -0.2) is 16.9 Å². The highest BCUT2D eigenvalue weighted by Crippen LogP contribution is 2.14. The van der Waals surface area contributed by atoms with Crippen LogP contribution in [0, 0.1) is 12.8 Å². The molecule has 0 heterocycles. The van der Waals surface area contributed by atoms with Gasteiger partial charge in [0, 0.05) is 12.0 Å². The van der Waals surface area contributed by atoms with Crippen molar-refractivity contribution in [2.75, 3.05) is 0 Å². The standard InChI is InChI=1S/C13H16O3/c1-8(2)6-12(14)10-4-5-11(13(15)16)9(3)7-10/h4-5,7-8H,6H2,1-3H3,(H,15,16). The second kappa shape index (κ2) is 4.92. The number of carbonyl (C=O) groups is 2. The molecule has 0 radical (unpaired) electrons. The number of hydrogen-bond acceptors (Lipinski definition) is 2. The van der Waals surface area contributed by atoms with Crippen LogP contribution < -0.4 is 0 Å². The zero-order valence-electron chi connectivity index (χ0n) is 9.78. The van der Waals surface area contributed by atoms with Crippen molar-refractivity contribution in [3.63, 3.8) is 0 Å². The summed E-state index contributed by atoms with van der Waals surface area (Å²) in [6.45, 7) is 5.67. The molecule has 0 aliphatic rings. The minimum absolute atomic E-state index is 0.0649. The van der Waals surface area contributed by atoms with E-state index in [2.05, 4.69) is 0 Å². The molecular formula is C13H16O3. The van der Waals surface area contributed by atoms with Crippen LogP contribution in [0.1, 0.15) is 46.5 Å².